The number of hydrogen-bond acceptors (Lipinski definition) is 3. The van der Waals surface area contributed by atoms with Crippen molar-refractivity contribution in [2.45, 2.75) is 56.7 Å². The Kier molecular flexibility index (Phi) is 2.37. The lowest BCUT2D eigenvalue weighted by Gasteiger charge is -2.46. The summed E-state index contributed by atoms with van der Waals surface area (Å²) < 4.78 is 0. The first-order valence-electron chi connectivity index (χ1n) is 5.68. The molecule has 0 aromatic heterocycles. The Hall–Kier alpha value is -0.120. The fourth-order valence-corrected chi connectivity index (χ4v) is 2.34. The topological polar surface area (TPSA) is 49.5 Å². The van der Waals surface area contributed by atoms with E-state index in [0.717, 1.165) is 32.0 Å². The minimum atomic E-state index is -0.654. The van der Waals surface area contributed by atoms with Gasteiger partial charge in [0.2, 0.25) is 0 Å². The molecule has 1 saturated heterocycles. The highest BCUT2D eigenvalue weighted by atomic mass is 16.3. The highest BCUT2D eigenvalue weighted by molar-refractivity contribution is 5.02. The van der Waals surface area contributed by atoms with Crippen molar-refractivity contribution in [2.75, 3.05) is 13.1 Å². The molecule has 0 atom stereocenters. The molecule has 0 amide bonds. The van der Waals surface area contributed by atoms with Crippen LogP contribution in [0.5, 0.6) is 0 Å². The van der Waals surface area contributed by atoms with E-state index in [1.54, 1.807) is 0 Å². The molecule has 1 aliphatic heterocycles. The number of nitrogens with zero attached hydrogens (tertiary/aromatic N) is 1. The number of hydrogen-bond donors (Lipinski definition) is 2. The Morgan fingerprint density at radius 3 is 2.14 bits per heavy atom. The van der Waals surface area contributed by atoms with Gasteiger partial charge in [-0.05, 0) is 39.5 Å². The summed E-state index contributed by atoms with van der Waals surface area (Å²) in [5.74, 6) is 0. The fraction of sp³-hybridized carbons (Fsp3) is 1.00. The van der Waals surface area contributed by atoms with Gasteiger partial charge < -0.3 is 15.7 Å². The van der Waals surface area contributed by atoms with Gasteiger partial charge in [0.15, 0.2) is 0 Å². The molecule has 1 aliphatic carbocycles. The highest BCUT2D eigenvalue weighted by Crippen LogP contribution is 2.35. The third-order valence-electron chi connectivity index (χ3n) is 3.89. The molecule has 3 N–H and O–H groups in total. The third kappa shape index (κ3) is 1.81. The molecule has 0 spiro atoms. The Bertz CT molecular complexity index is 210. The summed E-state index contributed by atoms with van der Waals surface area (Å²) in [5, 5.41) is 10.4. The van der Waals surface area contributed by atoms with Crippen LogP contribution in [0, 0.1) is 0 Å². The number of rotatable bonds is 2. The molecule has 2 rings (SSSR count). The molecule has 0 unspecified atom stereocenters. The molecule has 0 aromatic carbocycles. The van der Waals surface area contributed by atoms with E-state index in [4.69, 9.17) is 5.73 Å². The molecular formula is C11H22N2O. The maximum absolute atomic E-state index is 10.4. The summed E-state index contributed by atoms with van der Waals surface area (Å²) in [6.45, 7) is 5.89. The number of likely N-dealkylation sites (tertiary alicyclic amines) is 1. The smallest absolute Gasteiger partial charge is 0.0845 e. The van der Waals surface area contributed by atoms with Gasteiger partial charge in [0.05, 0.1) is 5.60 Å². The highest BCUT2D eigenvalue weighted by Gasteiger charge is 2.44. The average molecular weight is 198 g/mol. The van der Waals surface area contributed by atoms with E-state index in [9.17, 15) is 5.11 Å². The van der Waals surface area contributed by atoms with Crippen molar-refractivity contribution >= 4 is 0 Å². The monoisotopic (exact) mass is 198 g/mol. The fourth-order valence-electron chi connectivity index (χ4n) is 2.34. The first-order chi connectivity index (χ1) is 6.42. The molecule has 1 heterocycles. The van der Waals surface area contributed by atoms with Crippen molar-refractivity contribution in [3.8, 4) is 0 Å². The van der Waals surface area contributed by atoms with Crippen LogP contribution in [0.2, 0.25) is 0 Å². The molecular weight excluding hydrogens is 176 g/mol. The molecule has 82 valence electrons. The van der Waals surface area contributed by atoms with Crippen molar-refractivity contribution in [1.82, 2.24) is 4.90 Å². The van der Waals surface area contributed by atoms with Crippen molar-refractivity contribution < 1.29 is 5.11 Å². The molecule has 3 nitrogen and oxygen atoms in total. The van der Waals surface area contributed by atoms with Crippen LogP contribution in [-0.4, -0.2) is 40.3 Å². The lowest BCUT2D eigenvalue weighted by molar-refractivity contribution is -0.0701. The van der Waals surface area contributed by atoms with Gasteiger partial charge >= 0.3 is 0 Å². The lowest BCUT2D eigenvalue weighted by Crippen LogP contribution is -2.61. The Morgan fingerprint density at radius 1 is 1.29 bits per heavy atom. The first-order valence-corrected chi connectivity index (χ1v) is 5.68. The second-order valence-corrected chi connectivity index (χ2v) is 5.52. The van der Waals surface area contributed by atoms with Gasteiger partial charge in [0.25, 0.3) is 0 Å². The molecule has 0 radical (unpaired) electrons. The quantitative estimate of drug-likeness (QED) is 0.687. The van der Waals surface area contributed by atoms with Crippen molar-refractivity contribution in [3.05, 3.63) is 0 Å². The van der Waals surface area contributed by atoms with E-state index in [-0.39, 0.29) is 0 Å². The van der Waals surface area contributed by atoms with E-state index in [0.29, 0.717) is 0 Å². The van der Waals surface area contributed by atoms with Crippen LogP contribution in [0.3, 0.4) is 0 Å². The minimum absolute atomic E-state index is 0.470. The number of piperidine rings is 1. The van der Waals surface area contributed by atoms with Crippen LogP contribution in [0.15, 0.2) is 0 Å². The molecule has 0 bridgehead atoms. The SMILES string of the molecule is CC(C)(N)C1(O)CCN(C2CC2)CC1. The summed E-state index contributed by atoms with van der Waals surface area (Å²) >= 11 is 0. The predicted molar refractivity (Wildman–Crippen MR) is 57.0 cm³/mol. The van der Waals surface area contributed by atoms with Crippen LogP contribution >= 0.6 is 0 Å². The Balaban J connectivity index is 1.93. The average Bonchev–Trinajstić information content (AvgIpc) is 2.86. The van der Waals surface area contributed by atoms with Crippen molar-refractivity contribution in [3.63, 3.8) is 0 Å². The zero-order valence-corrected chi connectivity index (χ0v) is 9.29. The van der Waals surface area contributed by atoms with E-state index in [1.165, 1.54) is 12.8 Å². The van der Waals surface area contributed by atoms with E-state index in [2.05, 4.69) is 4.90 Å². The van der Waals surface area contributed by atoms with Crippen molar-refractivity contribution in [2.24, 2.45) is 5.73 Å². The third-order valence-corrected chi connectivity index (χ3v) is 3.89. The summed E-state index contributed by atoms with van der Waals surface area (Å²) in [7, 11) is 0. The number of aliphatic hydroxyl groups is 1. The molecule has 1 saturated carbocycles. The second kappa shape index (κ2) is 3.19. The van der Waals surface area contributed by atoms with Crippen LogP contribution in [0.25, 0.3) is 0 Å². The van der Waals surface area contributed by atoms with E-state index in [1.807, 2.05) is 13.8 Å². The van der Waals surface area contributed by atoms with Gasteiger partial charge in [0, 0.05) is 24.7 Å². The van der Waals surface area contributed by atoms with Crippen LogP contribution < -0.4 is 5.73 Å². The van der Waals surface area contributed by atoms with E-state index < -0.39 is 11.1 Å². The summed E-state index contributed by atoms with van der Waals surface area (Å²) in [5.41, 5.74) is 4.89. The predicted octanol–water partition coefficient (Wildman–Crippen LogP) is 0.713. The van der Waals surface area contributed by atoms with Gasteiger partial charge in [-0.2, -0.15) is 0 Å². The van der Waals surface area contributed by atoms with Gasteiger partial charge in [0.1, 0.15) is 0 Å². The summed E-state index contributed by atoms with van der Waals surface area (Å²) in [6.07, 6.45) is 4.36. The zero-order chi connectivity index (χ0) is 10.4. The lowest BCUT2D eigenvalue weighted by atomic mass is 9.76. The molecule has 2 aliphatic rings. The maximum Gasteiger partial charge on any atom is 0.0845 e. The molecule has 14 heavy (non-hydrogen) atoms. The normalized spacial score (nSPS) is 29.1. The summed E-state index contributed by atoms with van der Waals surface area (Å²) in [4.78, 5) is 2.50. The summed E-state index contributed by atoms with van der Waals surface area (Å²) in [6, 6.07) is 0.820. The van der Waals surface area contributed by atoms with Crippen molar-refractivity contribution in [1.29, 1.82) is 0 Å². The second-order valence-electron chi connectivity index (χ2n) is 5.52. The van der Waals surface area contributed by atoms with Gasteiger partial charge in [-0.1, -0.05) is 0 Å². The van der Waals surface area contributed by atoms with Gasteiger partial charge in [-0.25, -0.2) is 0 Å². The van der Waals surface area contributed by atoms with Crippen LogP contribution in [0.1, 0.15) is 39.5 Å². The van der Waals surface area contributed by atoms with E-state index >= 15 is 0 Å². The Morgan fingerprint density at radius 2 is 1.79 bits per heavy atom. The van der Waals surface area contributed by atoms with Gasteiger partial charge in [-0.3, -0.25) is 0 Å². The molecule has 2 fully saturated rings. The van der Waals surface area contributed by atoms with Gasteiger partial charge in [-0.15, -0.1) is 0 Å². The Labute approximate surface area is 86.3 Å². The minimum Gasteiger partial charge on any atom is -0.388 e. The van der Waals surface area contributed by atoms with Crippen LogP contribution in [0.4, 0.5) is 0 Å². The maximum atomic E-state index is 10.4. The molecule has 0 aromatic rings. The number of nitrogens with two attached hydrogens (primary N) is 1. The molecule has 3 heteroatoms. The zero-order valence-electron chi connectivity index (χ0n) is 9.29. The first kappa shape index (κ1) is 10.4. The standard InChI is InChI=1S/C11H22N2O/c1-10(2,12)11(14)5-7-13(8-6-11)9-3-4-9/h9,14H,3-8,12H2,1-2H3. The largest absolute Gasteiger partial charge is 0.388 e. The van der Waals surface area contributed by atoms with Crippen LogP contribution in [-0.2, 0) is 0 Å².